The van der Waals surface area contributed by atoms with Crippen LogP contribution in [0.4, 0.5) is 0 Å². The largest absolute Gasteiger partial charge is 0.298 e. The second-order valence-electron chi connectivity index (χ2n) is 5.52. The second-order valence-corrected chi connectivity index (χ2v) is 6.31. The van der Waals surface area contributed by atoms with Crippen molar-refractivity contribution in [3.8, 4) is 11.1 Å². The SMILES string of the molecule is O=Cc1ccc(-c2c3ccccc3c(Br)c3ccccc23)cc1. The first-order chi connectivity index (χ1) is 11.3. The molecular formula is C21H13BrO. The van der Waals surface area contributed by atoms with Crippen molar-refractivity contribution < 1.29 is 4.79 Å². The number of benzene rings is 4. The number of hydrogen-bond donors (Lipinski definition) is 0. The van der Waals surface area contributed by atoms with Crippen LogP contribution in [0.1, 0.15) is 10.4 Å². The van der Waals surface area contributed by atoms with Crippen molar-refractivity contribution >= 4 is 43.8 Å². The summed E-state index contributed by atoms with van der Waals surface area (Å²) in [6.45, 7) is 0. The van der Waals surface area contributed by atoms with E-state index in [0.29, 0.717) is 5.56 Å². The van der Waals surface area contributed by atoms with Crippen molar-refractivity contribution in [3.05, 3.63) is 82.8 Å². The van der Waals surface area contributed by atoms with Crippen molar-refractivity contribution in [2.45, 2.75) is 0 Å². The topological polar surface area (TPSA) is 17.1 Å². The highest BCUT2D eigenvalue weighted by Gasteiger charge is 2.13. The number of carbonyl (C=O) groups excluding carboxylic acids is 1. The molecule has 0 N–H and O–H groups in total. The smallest absolute Gasteiger partial charge is 0.150 e. The van der Waals surface area contributed by atoms with Crippen molar-refractivity contribution in [3.63, 3.8) is 0 Å². The van der Waals surface area contributed by atoms with Crippen LogP contribution in [-0.2, 0) is 0 Å². The fourth-order valence-corrected chi connectivity index (χ4v) is 3.81. The first kappa shape index (κ1) is 14.2. The first-order valence-corrected chi connectivity index (χ1v) is 8.23. The van der Waals surface area contributed by atoms with Gasteiger partial charge in [-0.1, -0.05) is 72.8 Å². The summed E-state index contributed by atoms with van der Waals surface area (Å²) in [7, 11) is 0. The molecule has 0 atom stereocenters. The molecule has 4 rings (SSSR count). The van der Waals surface area contributed by atoms with Crippen LogP contribution in [0.5, 0.6) is 0 Å². The van der Waals surface area contributed by atoms with Gasteiger partial charge in [0.1, 0.15) is 6.29 Å². The van der Waals surface area contributed by atoms with E-state index < -0.39 is 0 Å². The third-order valence-electron chi connectivity index (χ3n) is 4.20. The van der Waals surface area contributed by atoms with E-state index in [4.69, 9.17) is 0 Å². The lowest BCUT2D eigenvalue weighted by Gasteiger charge is -2.14. The zero-order chi connectivity index (χ0) is 15.8. The van der Waals surface area contributed by atoms with Gasteiger partial charge in [0, 0.05) is 10.0 Å². The summed E-state index contributed by atoms with van der Waals surface area (Å²) in [6.07, 6.45) is 0.877. The van der Waals surface area contributed by atoms with E-state index in [9.17, 15) is 4.79 Å². The van der Waals surface area contributed by atoms with Crippen LogP contribution < -0.4 is 0 Å². The Morgan fingerprint density at radius 1 is 0.652 bits per heavy atom. The zero-order valence-corrected chi connectivity index (χ0v) is 13.9. The van der Waals surface area contributed by atoms with Gasteiger partial charge >= 0.3 is 0 Å². The number of aldehydes is 1. The lowest BCUT2D eigenvalue weighted by molar-refractivity contribution is 0.112. The monoisotopic (exact) mass is 360 g/mol. The van der Waals surface area contributed by atoms with E-state index in [0.717, 1.165) is 16.3 Å². The summed E-state index contributed by atoms with van der Waals surface area (Å²) >= 11 is 3.77. The first-order valence-electron chi connectivity index (χ1n) is 7.44. The Bertz CT molecular complexity index is 976. The highest BCUT2D eigenvalue weighted by molar-refractivity contribution is 9.10. The highest BCUT2D eigenvalue weighted by Crippen LogP contribution is 2.41. The average Bonchev–Trinajstić information content (AvgIpc) is 2.63. The van der Waals surface area contributed by atoms with Gasteiger partial charge < -0.3 is 0 Å². The predicted octanol–water partition coefficient (Wildman–Crippen LogP) is 6.24. The van der Waals surface area contributed by atoms with Crippen LogP contribution in [0.25, 0.3) is 32.7 Å². The van der Waals surface area contributed by atoms with Crippen LogP contribution in [0, 0.1) is 0 Å². The van der Waals surface area contributed by atoms with E-state index in [2.05, 4.69) is 64.5 Å². The molecule has 0 aromatic heterocycles. The van der Waals surface area contributed by atoms with Crippen molar-refractivity contribution in [1.82, 2.24) is 0 Å². The normalized spacial score (nSPS) is 11.0. The van der Waals surface area contributed by atoms with Gasteiger partial charge in [0.05, 0.1) is 0 Å². The molecule has 0 bridgehead atoms. The van der Waals surface area contributed by atoms with E-state index in [1.54, 1.807) is 0 Å². The molecule has 2 heteroatoms. The summed E-state index contributed by atoms with van der Waals surface area (Å²) in [5.41, 5.74) is 3.02. The number of rotatable bonds is 2. The fourth-order valence-electron chi connectivity index (χ4n) is 3.11. The van der Waals surface area contributed by atoms with Gasteiger partial charge in [-0.05, 0) is 48.6 Å². The third kappa shape index (κ3) is 2.27. The van der Waals surface area contributed by atoms with E-state index in [-0.39, 0.29) is 0 Å². The fraction of sp³-hybridized carbons (Fsp3) is 0. The van der Waals surface area contributed by atoms with Gasteiger partial charge in [-0.25, -0.2) is 0 Å². The Kier molecular flexibility index (Phi) is 3.47. The van der Waals surface area contributed by atoms with Crippen LogP contribution in [-0.4, -0.2) is 6.29 Å². The van der Waals surface area contributed by atoms with E-state index >= 15 is 0 Å². The van der Waals surface area contributed by atoms with Gasteiger partial charge in [-0.3, -0.25) is 4.79 Å². The lowest BCUT2D eigenvalue weighted by atomic mass is 9.92. The summed E-state index contributed by atoms with van der Waals surface area (Å²) in [5, 5.41) is 4.80. The Morgan fingerprint density at radius 2 is 1.13 bits per heavy atom. The maximum absolute atomic E-state index is 10.9. The average molecular weight is 361 g/mol. The number of fused-ring (bicyclic) bond motifs is 2. The van der Waals surface area contributed by atoms with Gasteiger partial charge in [-0.2, -0.15) is 0 Å². The summed E-state index contributed by atoms with van der Waals surface area (Å²) < 4.78 is 1.12. The maximum Gasteiger partial charge on any atom is 0.150 e. The molecule has 4 aromatic rings. The molecular weight excluding hydrogens is 348 g/mol. The molecule has 23 heavy (non-hydrogen) atoms. The lowest BCUT2D eigenvalue weighted by Crippen LogP contribution is -1.88. The minimum Gasteiger partial charge on any atom is -0.298 e. The molecule has 110 valence electrons. The molecule has 0 fully saturated rings. The van der Waals surface area contributed by atoms with Gasteiger partial charge in [0.15, 0.2) is 0 Å². The van der Waals surface area contributed by atoms with Crippen molar-refractivity contribution in [2.75, 3.05) is 0 Å². The molecule has 0 amide bonds. The molecule has 0 unspecified atom stereocenters. The molecule has 4 aromatic carbocycles. The summed E-state index contributed by atoms with van der Waals surface area (Å²) in [4.78, 5) is 10.9. The minimum absolute atomic E-state index is 0.694. The Morgan fingerprint density at radius 3 is 1.61 bits per heavy atom. The Balaban J connectivity index is 2.17. The van der Waals surface area contributed by atoms with Gasteiger partial charge in [0.25, 0.3) is 0 Å². The molecule has 0 aliphatic rings. The highest BCUT2D eigenvalue weighted by atomic mass is 79.9. The summed E-state index contributed by atoms with van der Waals surface area (Å²) in [5.74, 6) is 0. The number of carbonyl (C=O) groups is 1. The van der Waals surface area contributed by atoms with Gasteiger partial charge in [-0.15, -0.1) is 0 Å². The van der Waals surface area contributed by atoms with Crippen molar-refractivity contribution in [1.29, 1.82) is 0 Å². The van der Waals surface area contributed by atoms with Crippen LogP contribution in [0.2, 0.25) is 0 Å². The third-order valence-corrected chi connectivity index (χ3v) is 5.06. The van der Waals surface area contributed by atoms with Crippen LogP contribution in [0.15, 0.2) is 77.3 Å². The van der Waals surface area contributed by atoms with Crippen LogP contribution >= 0.6 is 15.9 Å². The van der Waals surface area contributed by atoms with Gasteiger partial charge in [0.2, 0.25) is 0 Å². The molecule has 0 spiro atoms. The molecule has 0 aliphatic carbocycles. The van der Waals surface area contributed by atoms with E-state index in [1.807, 2.05) is 24.3 Å². The summed E-state index contributed by atoms with van der Waals surface area (Å²) in [6, 6.07) is 24.6. The zero-order valence-electron chi connectivity index (χ0n) is 12.3. The standard InChI is InChI=1S/C21H13BrO/c22-21-18-7-3-1-5-16(18)20(17-6-2-4-8-19(17)21)15-11-9-14(13-23)10-12-15/h1-13H. The molecule has 0 saturated carbocycles. The molecule has 0 radical (unpaired) electrons. The number of hydrogen-bond acceptors (Lipinski definition) is 1. The number of halogens is 1. The van der Waals surface area contributed by atoms with Crippen LogP contribution in [0.3, 0.4) is 0 Å². The molecule has 1 nitrogen and oxygen atoms in total. The predicted molar refractivity (Wildman–Crippen MR) is 100.0 cm³/mol. The second kappa shape index (κ2) is 5.64. The van der Waals surface area contributed by atoms with E-state index in [1.165, 1.54) is 27.1 Å². The van der Waals surface area contributed by atoms with Crippen molar-refractivity contribution in [2.24, 2.45) is 0 Å². The minimum atomic E-state index is 0.694. The Hall–Kier alpha value is -2.45. The molecule has 0 saturated heterocycles. The Labute approximate surface area is 142 Å². The maximum atomic E-state index is 10.9. The molecule has 0 aliphatic heterocycles. The quantitative estimate of drug-likeness (QED) is 0.305. The molecule has 0 heterocycles.